The van der Waals surface area contributed by atoms with E-state index in [9.17, 15) is 9.59 Å². The van der Waals surface area contributed by atoms with E-state index in [1.54, 1.807) is 7.11 Å². The van der Waals surface area contributed by atoms with E-state index in [0.717, 1.165) is 43.2 Å². The van der Waals surface area contributed by atoms with E-state index in [0.29, 0.717) is 5.69 Å². The number of piperazine rings is 1. The number of carbonyl (C=O) groups is 2. The van der Waals surface area contributed by atoms with Crippen LogP contribution in [0, 0.1) is 6.92 Å². The van der Waals surface area contributed by atoms with Crippen LogP contribution < -0.4 is 14.5 Å². The van der Waals surface area contributed by atoms with Crippen molar-refractivity contribution in [1.82, 2.24) is 4.90 Å². The van der Waals surface area contributed by atoms with Crippen molar-refractivity contribution in [1.29, 1.82) is 0 Å². The second-order valence-corrected chi connectivity index (χ2v) is 7.29. The highest BCUT2D eigenvalue weighted by Gasteiger charge is 2.43. The van der Waals surface area contributed by atoms with Gasteiger partial charge in [-0.05, 0) is 42.8 Å². The minimum atomic E-state index is -0.356. The Labute approximate surface area is 165 Å². The summed E-state index contributed by atoms with van der Waals surface area (Å²) in [5.41, 5.74) is 2.79. The van der Waals surface area contributed by atoms with Crippen molar-refractivity contribution < 1.29 is 14.3 Å². The van der Waals surface area contributed by atoms with Crippen LogP contribution in [0.5, 0.6) is 5.75 Å². The van der Waals surface area contributed by atoms with Crippen LogP contribution >= 0.6 is 0 Å². The highest BCUT2D eigenvalue weighted by Crippen LogP contribution is 2.29. The topological polar surface area (TPSA) is 53.1 Å². The molecule has 2 aliphatic heterocycles. The number of para-hydroxylation sites is 1. The average molecular weight is 379 g/mol. The molecule has 2 heterocycles. The quantitative estimate of drug-likeness (QED) is 0.764. The van der Waals surface area contributed by atoms with Crippen molar-refractivity contribution in [2.24, 2.45) is 0 Å². The molecule has 6 heteroatoms. The predicted molar refractivity (Wildman–Crippen MR) is 109 cm³/mol. The number of benzene rings is 2. The van der Waals surface area contributed by atoms with E-state index in [1.807, 2.05) is 43.3 Å². The van der Waals surface area contributed by atoms with Gasteiger partial charge in [0.1, 0.15) is 5.75 Å². The Hall–Kier alpha value is -2.86. The van der Waals surface area contributed by atoms with Crippen LogP contribution in [0.1, 0.15) is 12.0 Å². The maximum Gasteiger partial charge on any atom is 0.251 e. The molecule has 0 aromatic heterocycles. The van der Waals surface area contributed by atoms with E-state index in [4.69, 9.17) is 4.74 Å². The third-order valence-electron chi connectivity index (χ3n) is 5.67. The molecular weight excluding hydrogens is 354 g/mol. The molecule has 1 atom stereocenters. The van der Waals surface area contributed by atoms with Gasteiger partial charge in [0.2, 0.25) is 5.91 Å². The number of imide groups is 1. The normalized spacial score (nSPS) is 20.7. The van der Waals surface area contributed by atoms with Gasteiger partial charge in [-0.3, -0.25) is 14.5 Å². The zero-order valence-electron chi connectivity index (χ0n) is 16.3. The largest absolute Gasteiger partial charge is 0.497 e. The molecule has 146 valence electrons. The number of rotatable bonds is 4. The highest BCUT2D eigenvalue weighted by molar-refractivity contribution is 6.22. The van der Waals surface area contributed by atoms with E-state index < -0.39 is 0 Å². The first kappa shape index (κ1) is 18.5. The Morgan fingerprint density at radius 1 is 0.929 bits per heavy atom. The zero-order valence-corrected chi connectivity index (χ0v) is 16.3. The number of nitrogens with zero attached hydrogens (tertiary/aromatic N) is 3. The lowest BCUT2D eigenvalue weighted by atomic mass is 10.1. The molecule has 2 aromatic rings. The minimum Gasteiger partial charge on any atom is -0.497 e. The molecule has 2 aromatic carbocycles. The Kier molecular flexibility index (Phi) is 5.05. The van der Waals surface area contributed by atoms with Crippen LogP contribution in [0.3, 0.4) is 0 Å². The van der Waals surface area contributed by atoms with Gasteiger partial charge in [0, 0.05) is 31.9 Å². The number of amides is 2. The lowest BCUT2D eigenvalue weighted by molar-refractivity contribution is -0.123. The summed E-state index contributed by atoms with van der Waals surface area (Å²) in [5, 5.41) is 0. The molecule has 0 aliphatic carbocycles. The fraction of sp³-hybridized carbons (Fsp3) is 0.364. The molecule has 6 nitrogen and oxygen atoms in total. The van der Waals surface area contributed by atoms with Crippen molar-refractivity contribution in [2.45, 2.75) is 19.4 Å². The number of methoxy groups -OCH3 is 1. The van der Waals surface area contributed by atoms with Crippen molar-refractivity contribution >= 4 is 23.2 Å². The van der Waals surface area contributed by atoms with Gasteiger partial charge in [-0.1, -0.05) is 18.2 Å². The van der Waals surface area contributed by atoms with Crippen LogP contribution in [0.2, 0.25) is 0 Å². The van der Waals surface area contributed by atoms with Crippen LogP contribution in [0.25, 0.3) is 0 Å². The standard InChI is InChI=1S/C22H25N3O3/c1-16-5-3-4-6-19(16)25-21(26)15-20(22(25)27)24-13-11-23(12-14-24)17-7-9-18(28-2)10-8-17/h3-10,20H,11-15H2,1-2H3/t20-/m1/s1. The highest BCUT2D eigenvalue weighted by atomic mass is 16.5. The summed E-state index contributed by atoms with van der Waals surface area (Å²) in [6, 6.07) is 15.2. The molecule has 0 saturated carbocycles. The fourth-order valence-corrected chi connectivity index (χ4v) is 4.05. The van der Waals surface area contributed by atoms with Crippen molar-refractivity contribution in [3.05, 3.63) is 54.1 Å². The Balaban J connectivity index is 1.43. The first-order valence-electron chi connectivity index (χ1n) is 9.64. The Morgan fingerprint density at radius 2 is 1.61 bits per heavy atom. The molecule has 0 unspecified atom stereocenters. The predicted octanol–water partition coefficient (Wildman–Crippen LogP) is 2.46. The van der Waals surface area contributed by atoms with Crippen molar-refractivity contribution in [3.8, 4) is 5.75 Å². The van der Waals surface area contributed by atoms with Gasteiger partial charge in [0.15, 0.2) is 0 Å². The van der Waals surface area contributed by atoms with Gasteiger partial charge in [-0.25, -0.2) is 4.90 Å². The molecule has 0 bridgehead atoms. The summed E-state index contributed by atoms with van der Waals surface area (Å²) in [4.78, 5) is 31.4. The molecule has 4 rings (SSSR count). The molecule has 2 aliphatic rings. The lowest BCUT2D eigenvalue weighted by Crippen LogP contribution is -2.52. The molecule has 28 heavy (non-hydrogen) atoms. The first-order valence-corrected chi connectivity index (χ1v) is 9.64. The van der Waals surface area contributed by atoms with E-state index in [-0.39, 0.29) is 24.3 Å². The van der Waals surface area contributed by atoms with Gasteiger partial charge in [-0.15, -0.1) is 0 Å². The summed E-state index contributed by atoms with van der Waals surface area (Å²) in [6.45, 7) is 5.11. The number of hydrogen-bond donors (Lipinski definition) is 0. The number of hydrogen-bond acceptors (Lipinski definition) is 5. The van der Waals surface area contributed by atoms with Crippen LogP contribution in [-0.2, 0) is 9.59 Å². The SMILES string of the molecule is COc1ccc(N2CCN([C@@H]3CC(=O)N(c4ccccc4C)C3=O)CC2)cc1. The minimum absolute atomic E-state index is 0.0998. The molecule has 0 spiro atoms. The number of carbonyl (C=O) groups excluding carboxylic acids is 2. The third-order valence-corrected chi connectivity index (χ3v) is 5.67. The molecule has 2 saturated heterocycles. The summed E-state index contributed by atoms with van der Waals surface area (Å²) in [7, 11) is 1.66. The molecule has 2 amide bonds. The second kappa shape index (κ2) is 7.64. The lowest BCUT2D eigenvalue weighted by Gasteiger charge is -2.38. The van der Waals surface area contributed by atoms with Crippen molar-refractivity contribution in [2.75, 3.05) is 43.1 Å². The van der Waals surface area contributed by atoms with Crippen LogP contribution in [0.15, 0.2) is 48.5 Å². The second-order valence-electron chi connectivity index (χ2n) is 7.29. The Morgan fingerprint density at radius 3 is 2.25 bits per heavy atom. The summed E-state index contributed by atoms with van der Waals surface area (Å²) in [5.74, 6) is 0.632. The average Bonchev–Trinajstić information content (AvgIpc) is 3.03. The van der Waals surface area contributed by atoms with Crippen molar-refractivity contribution in [3.63, 3.8) is 0 Å². The van der Waals surface area contributed by atoms with E-state index in [1.165, 1.54) is 4.90 Å². The zero-order chi connectivity index (χ0) is 19.7. The maximum atomic E-state index is 13.0. The van der Waals surface area contributed by atoms with Gasteiger partial charge >= 0.3 is 0 Å². The van der Waals surface area contributed by atoms with Gasteiger partial charge in [-0.2, -0.15) is 0 Å². The summed E-state index contributed by atoms with van der Waals surface area (Å²) >= 11 is 0. The van der Waals surface area contributed by atoms with Gasteiger partial charge in [0.05, 0.1) is 25.3 Å². The van der Waals surface area contributed by atoms with Crippen LogP contribution in [0.4, 0.5) is 11.4 Å². The Bertz CT molecular complexity index is 873. The first-order chi connectivity index (χ1) is 13.6. The summed E-state index contributed by atoms with van der Waals surface area (Å²) in [6.07, 6.45) is 0.260. The monoisotopic (exact) mass is 379 g/mol. The van der Waals surface area contributed by atoms with E-state index >= 15 is 0 Å². The van der Waals surface area contributed by atoms with Crippen LogP contribution in [-0.4, -0.2) is 56.0 Å². The maximum absolute atomic E-state index is 13.0. The number of anilines is 2. The molecule has 0 radical (unpaired) electrons. The molecule has 2 fully saturated rings. The summed E-state index contributed by atoms with van der Waals surface area (Å²) < 4.78 is 5.22. The number of ether oxygens (including phenoxy) is 1. The molecular formula is C22H25N3O3. The van der Waals surface area contributed by atoms with E-state index in [2.05, 4.69) is 21.9 Å². The smallest absolute Gasteiger partial charge is 0.251 e. The fourth-order valence-electron chi connectivity index (χ4n) is 4.05. The van der Waals surface area contributed by atoms with Gasteiger partial charge in [0.25, 0.3) is 5.91 Å². The third kappa shape index (κ3) is 3.36. The van der Waals surface area contributed by atoms with Gasteiger partial charge < -0.3 is 9.64 Å². The number of aryl methyl sites for hydroxylation is 1. The molecule has 0 N–H and O–H groups in total.